The Bertz CT molecular complexity index is 101. The molecule has 2 heteroatoms. The van der Waals surface area contributed by atoms with E-state index in [1.807, 2.05) is 13.8 Å². The van der Waals surface area contributed by atoms with E-state index in [0.717, 1.165) is 0 Å². The molecule has 0 aromatic rings. The molecule has 0 aromatic carbocycles. The first-order valence-electron chi connectivity index (χ1n) is 2.19. The average molecular weight is 99.1 g/mol. The minimum absolute atomic E-state index is 0.137. The van der Waals surface area contributed by atoms with Gasteiger partial charge in [0.05, 0.1) is 5.70 Å². The van der Waals surface area contributed by atoms with Crippen molar-refractivity contribution in [2.45, 2.75) is 13.8 Å². The molecule has 40 valence electrons. The van der Waals surface area contributed by atoms with Crippen molar-refractivity contribution in [2.24, 2.45) is 11.7 Å². The highest BCUT2D eigenvalue weighted by Crippen LogP contribution is 1.95. The summed E-state index contributed by atoms with van der Waals surface area (Å²) >= 11 is 0. The third-order valence-electron chi connectivity index (χ3n) is 0.740. The van der Waals surface area contributed by atoms with Gasteiger partial charge in [-0.2, -0.15) is 0 Å². The molecule has 0 spiro atoms. The van der Waals surface area contributed by atoms with Crippen LogP contribution in [0.1, 0.15) is 13.8 Å². The highest BCUT2D eigenvalue weighted by atomic mass is 16.1. The number of carbonyl (C=O) groups excluding carboxylic acids is 1. The summed E-state index contributed by atoms with van der Waals surface area (Å²) in [5.74, 6) is 1.75. The van der Waals surface area contributed by atoms with Crippen LogP contribution in [0.4, 0.5) is 0 Å². The molecule has 0 amide bonds. The monoisotopic (exact) mass is 99.1 g/mol. The van der Waals surface area contributed by atoms with E-state index in [-0.39, 0.29) is 5.92 Å². The van der Waals surface area contributed by atoms with E-state index in [9.17, 15) is 4.79 Å². The lowest BCUT2D eigenvalue weighted by Crippen LogP contribution is -2.04. The maximum Gasteiger partial charge on any atom is 0.145 e. The molecule has 0 radical (unpaired) electrons. The fraction of sp³-hybridized carbons (Fsp3) is 0.600. The summed E-state index contributed by atoms with van der Waals surface area (Å²) in [4.78, 5) is 9.66. The normalized spacial score (nSPS) is 8.43. The quantitative estimate of drug-likeness (QED) is 0.481. The van der Waals surface area contributed by atoms with E-state index < -0.39 is 0 Å². The maximum absolute atomic E-state index is 9.66. The molecule has 2 N–H and O–H groups in total. The number of allylic oxidation sites excluding steroid dienone is 1. The lowest BCUT2D eigenvalue weighted by molar-refractivity contribution is 0.562. The largest absolute Gasteiger partial charge is 0.393 e. The van der Waals surface area contributed by atoms with E-state index in [1.54, 1.807) is 5.94 Å². The van der Waals surface area contributed by atoms with Gasteiger partial charge in [0, 0.05) is 5.92 Å². The Labute approximate surface area is 43.0 Å². The van der Waals surface area contributed by atoms with Gasteiger partial charge in [-0.15, -0.1) is 0 Å². The van der Waals surface area contributed by atoms with Crippen LogP contribution in [0.2, 0.25) is 0 Å². The zero-order chi connectivity index (χ0) is 5.86. The van der Waals surface area contributed by atoms with Crippen molar-refractivity contribution in [2.75, 3.05) is 0 Å². The molecule has 0 aliphatic rings. The predicted octanol–water partition coefficient (Wildman–Crippen LogP) is 0.317. The third kappa shape index (κ3) is 2.01. The Morgan fingerprint density at radius 1 is 1.71 bits per heavy atom. The van der Waals surface area contributed by atoms with Crippen LogP contribution in [0.3, 0.4) is 0 Å². The Morgan fingerprint density at radius 3 is 2.14 bits per heavy atom. The van der Waals surface area contributed by atoms with Crippen molar-refractivity contribution in [1.29, 1.82) is 0 Å². The molecule has 2 nitrogen and oxygen atoms in total. The lowest BCUT2D eigenvalue weighted by Gasteiger charge is -1.95. The molecule has 0 aliphatic heterocycles. The van der Waals surface area contributed by atoms with E-state index in [0.29, 0.717) is 5.70 Å². The van der Waals surface area contributed by atoms with Crippen LogP contribution in [-0.4, -0.2) is 5.94 Å². The minimum atomic E-state index is 0.137. The first-order valence-corrected chi connectivity index (χ1v) is 2.19. The second-order valence-electron chi connectivity index (χ2n) is 1.71. The highest BCUT2D eigenvalue weighted by Gasteiger charge is 1.93. The molecule has 0 saturated carbocycles. The van der Waals surface area contributed by atoms with Crippen molar-refractivity contribution in [3.05, 3.63) is 5.70 Å². The highest BCUT2D eigenvalue weighted by molar-refractivity contribution is 5.51. The van der Waals surface area contributed by atoms with E-state index >= 15 is 0 Å². The van der Waals surface area contributed by atoms with Crippen molar-refractivity contribution >= 4 is 5.94 Å². The predicted molar refractivity (Wildman–Crippen MR) is 28.2 cm³/mol. The van der Waals surface area contributed by atoms with Crippen LogP contribution in [0.5, 0.6) is 0 Å². The lowest BCUT2D eigenvalue weighted by atomic mass is 10.2. The summed E-state index contributed by atoms with van der Waals surface area (Å²) in [7, 11) is 0. The maximum atomic E-state index is 9.66. The van der Waals surface area contributed by atoms with Crippen molar-refractivity contribution < 1.29 is 4.79 Å². The fourth-order valence-electron chi connectivity index (χ4n) is 0.118. The molecule has 0 unspecified atom stereocenters. The van der Waals surface area contributed by atoms with E-state index in [2.05, 4.69) is 0 Å². The minimum Gasteiger partial charge on any atom is -0.393 e. The second kappa shape index (κ2) is 2.43. The van der Waals surface area contributed by atoms with Crippen LogP contribution in [0.25, 0.3) is 0 Å². The zero-order valence-electron chi connectivity index (χ0n) is 4.56. The van der Waals surface area contributed by atoms with Gasteiger partial charge in [0.25, 0.3) is 0 Å². The number of hydrogen-bond donors (Lipinski definition) is 1. The molecule has 0 bridgehead atoms. The fourth-order valence-corrected chi connectivity index (χ4v) is 0.118. The molecular weight excluding hydrogens is 90.1 g/mol. The summed E-state index contributed by atoms with van der Waals surface area (Å²) < 4.78 is 0. The molecule has 0 saturated heterocycles. The van der Waals surface area contributed by atoms with Gasteiger partial charge < -0.3 is 5.73 Å². The van der Waals surface area contributed by atoms with Gasteiger partial charge in [0.15, 0.2) is 0 Å². The Morgan fingerprint density at radius 2 is 2.14 bits per heavy atom. The first kappa shape index (κ1) is 6.25. The molecule has 0 rings (SSSR count). The number of nitrogens with two attached hydrogens (primary N) is 1. The number of hydrogen-bond acceptors (Lipinski definition) is 2. The average Bonchev–Trinajstić information content (AvgIpc) is 1.65. The number of rotatable bonds is 1. The summed E-state index contributed by atoms with van der Waals surface area (Å²) in [6, 6.07) is 0. The van der Waals surface area contributed by atoms with Gasteiger partial charge in [-0.25, -0.2) is 4.79 Å². The Kier molecular flexibility index (Phi) is 2.17. The molecule has 0 fully saturated rings. The van der Waals surface area contributed by atoms with Crippen LogP contribution < -0.4 is 5.73 Å². The third-order valence-corrected chi connectivity index (χ3v) is 0.740. The Hall–Kier alpha value is -0.750. The molecule has 0 heterocycles. The smallest absolute Gasteiger partial charge is 0.145 e. The van der Waals surface area contributed by atoms with Gasteiger partial charge in [0.1, 0.15) is 5.94 Å². The van der Waals surface area contributed by atoms with Crippen molar-refractivity contribution in [1.82, 2.24) is 0 Å². The second-order valence-corrected chi connectivity index (χ2v) is 1.71. The molecule has 7 heavy (non-hydrogen) atoms. The summed E-state index contributed by atoms with van der Waals surface area (Å²) in [6.07, 6.45) is 0. The van der Waals surface area contributed by atoms with Gasteiger partial charge in [0.2, 0.25) is 0 Å². The van der Waals surface area contributed by atoms with Gasteiger partial charge >= 0.3 is 0 Å². The molecule has 0 atom stereocenters. The first-order chi connectivity index (χ1) is 3.18. The van der Waals surface area contributed by atoms with Gasteiger partial charge in [-0.1, -0.05) is 13.8 Å². The van der Waals surface area contributed by atoms with Crippen molar-refractivity contribution in [3.8, 4) is 0 Å². The standard InChI is InChI=1S/C5H9NO/c1-4(2)5(6)3-7/h4H,6H2,1-2H3. The summed E-state index contributed by atoms with van der Waals surface area (Å²) in [5.41, 5.74) is 5.40. The molecular formula is C5H9NO. The van der Waals surface area contributed by atoms with E-state index in [4.69, 9.17) is 5.73 Å². The topological polar surface area (TPSA) is 43.1 Å². The molecule has 0 aliphatic carbocycles. The van der Waals surface area contributed by atoms with Crippen molar-refractivity contribution in [3.63, 3.8) is 0 Å². The van der Waals surface area contributed by atoms with Crippen LogP contribution >= 0.6 is 0 Å². The van der Waals surface area contributed by atoms with Gasteiger partial charge in [-0.3, -0.25) is 0 Å². The SMILES string of the molecule is CC(C)C(N)=C=O. The summed E-state index contributed by atoms with van der Waals surface area (Å²) in [5, 5.41) is 0. The molecule has 0 aromatic heterocycles. The Balaban J connectivity index is 3.81. The van der Waals surface area contributed by atoms with E-state index in [1.165, 1.54) is 0 Å². The zero-order valence-corrected chi connectivity index (χ0v) is 4.56. The van der Waals surface area contributed by atoms with Crippen LogP contribution in [0.15, 0.2) is 5.70 Å². The van der Waals surface area contributed by atoms with Gasteiger partial charge in [-0.05, 0) is 0 Å². The van der Waals surface area contributed by atoms with Crippen LogP contribution in [-0.2, 0) is 4.79 Å². The van der Waals surface area contributed by atoms with Crippen LogP contribution in [0, 0.1) is 5.92 Å². The summed E-state index contributed by atoms with van der Waals surface area (Å²) in [6.45, 7) is 3.69.